The first kappa shape index (κ1) is 11.0. The van der Waals surface area contributed by atoms with E-state index in [-0.39, 0.29) is 4.90 Å². The first-order chi connectivity index (χ1) is 6.38. The first-order valence-electron chi connectivity index (χ1n) is 4.05. The predicted molar refractivity (Wildman–Crippen MR) is 53.8 cm³/mol. The minimum atomic E-state index is -3.68. The summed E-state index contributed by atoms with van der Waals surface area (Å²) in [5.74, 6) is 0.527. The van der Waals surface area contributed by atoms with Gasteiger partial charge in [-0.2, -0.15) is 0 Å². The fourth-order valence-electron chi connectivity index (χ4n) is 1.47. The van der Waals surface area contributed by atoms with Gasteiger partial charge in [-0.3, -0.25) is 0 Å². The Labute approximate surface area is 83.7 Å². The third kappa shape index (κ3) is 1.88. The lowest BCUT2D eigenvalue weighted by molar-refractivity contribution is 0.409. The number of aryl methyl sites for hydroxylation is 1. The average Bonchev–Trinajstić information content (AvgIpc) is 2.02. The van der Waals surface area contributed by atoms with Gasteiger partial charge in [-0.25, -0.2) is 13.6 Å². The number of sulfonamides is 1. The van der Waals surface area contributed by atoms with Crippen LogP contribution in [0.25, 0.3) is 0 Å². The van der Waals surface area contributed by atoms with Gasteiger partial charge in [-0.1, -0.05) is 6.07 Å². The Balaban J connectivity index is 3.57. The fraction of sp³-hybridized carbons (Fsp3) is 0.333. The molecule has 2 N–H and O–H groups in total. The molecular formula is C9H13NO3S. The first-order valence-corrected chi connectivity index (χ1v) is 5.59. The topological polar surface area (TPSA) is 69.4 Å². The maximum atomic E-state index is 11.3. The Hall–Kier alpha value is -1.07. The Bertz CT molecular complexity index is 451. The van der Waals surface area contributed by atoms with E-state index in [1.807, 2.05) is 0 Å². The van der Waals surface area contributed by atoms with E-state index in [0.717, 1.165) is 0 Å². The second kappa shape index (κ2) is 3.59. The van der Waals surface area contributed by atoms with Crippen molar-refractivity contribution >= 4 is 10.0 Å². The molecule has 0 radical (unpaired) electrons. The van der Waals surface area contributed by atoms with E-state index >= 15 is 0 Å². The van der Waals surface area contributed by atoms with Crippen molar-refractivity contribution in [3.8, 4) is 5.75 Å². The summed E-state index contributed by atoms with van der Waals surface area (Å²) < 4.78 is 27.5. The second-order valence-corrected chi connectivity index (χ2v) is 4.58. The van der Waals surface area contributed by atoms with Crippen molar-refractivity contribution in [1.29, 1.82) is 0 Å². The van der Waals surface area contributed by atoms with Crippen molar-refractivity contribution in [3.63, 3.8) is 0 Å². The third-order valence-electron chi connectivity index (χ3n) is 2.06. The third-order valence-corrected chi connectivity index (χ3v) is 3.25. The van der Waals surface area contributed by atoms with Crippen LogP contribution >= 0.6 is 0 Å². The molecule has 14 heavy (non-hydrogen) atoms. The van der Waals surface area contributed by atoms with Crippen LogP contribution in [0.5, 0.6) is 5.75 Å². The van der Waals surface area contributed by atoms with Crippen LogP contribution in [0.4, 0.5) is 0 Å². The van der Waals surface area contributed by atoms with Crippen molar-refractivity contribution in [2.45, 2.75) is 18.7 Å². The zero-order valence-electron chi connectivity index (χ0n) is 8.37. The Morgan fingerprint density at radius 3 is 2.29 bits per heavy atom. The monoisotopic (exact) mass is 215 g/mol. The minimum absolute atomic E-state index is 0.150. The maximum absolute atomic E-state index is 11.3. The van der Waals surface area contributed by atoms with Crippen LogP contribution in [0.3, 0.4) is 0 Å². The van der Waals surface area contributed by atoms with E-state index in [1.54, 1.807) is 26.0 Å². The molecule has 0 spiro atoms. The quantitative estimate of drug-likeness (QED) is 0.798. The molecule has 1 aromatic rings. The number of hydrogen-bond acceptors (Lipinski definition) is 3. The van der Waals surface area contributed by atoms with E-state index in [9.17, 15) is 8.42 Å². The summed E-state index contributed by atoms with van der Waals surface area (Å²) >= 11 is 0. The molecule has 1 rings (SSSR count). The van der Waals surface area contributed by atoms with Crippen LogP contribution in [-0.4, -0.2) is 15.5 Å². The maximum Gasteiger partial charge on any atom is 0.238 e. The lowest BCUT2D eigenvalue weighted by Crippen LogP contribution is -2.15. The van der Waals surface area contributed by atoms with Crippen LogP contribution in [0.15, 0.2) is 17.0 Å². The van der Waals surface area contributed by atoms with Gasteiger partial charge in [0.05, 0.1) is 12.0 Å². The van der Waals surface area contributed by atoms with Gasteiger partial charge in [-0.15, -0.1) is 0 Å². The van der Waals surface area contributed by atoms with Gasteiger partial charge in [0.2, 0.25) is 10.0 Å². The van der Waals surface area contributed by atoms with Crippen LogP contribution < -0.4 is 9.88 Å². The lowest BCUT2D eigenvalue weighted by atomic mass is 10.1. The lowest BCUT2D eigenvalue weighted by Gasteiger charge is -2.11. The Morgan fingerprint density at radius 1 is 1.29 bits per heavy atom. The predicted octanol–water partition coefficient (Wildman–Crippen LogP) is 0.959. The van der Waals surface area contributed by atoms with Gasteiger partial charge < -0.3 is 4.74 Å². The van der Waals surface area contributed by atoms with Crippen LogP contribution in [0.1, 0.15) is 11.1 Å². The van der Waals surface area contributed by atoms with Gasteiger partial charge in [0, 0.05) is 5.56 Å². The molecule has 0 saturated heterocycles. The van der Waals surface area contributed by atoms with Gasteiger partial charge in [-0.05, 0) is 25.5 Å². The van der Waals surface area contributed by atoms with Crippen molar-refractivity contribution in [1.82, 2.24) is 0 Å². The Morgan fingerprint density at radius 2 is 1.86 bits per heavy atom. The summed E-state index contributed by atoms with van der Waals surface area (Å²) in [5.41, 5.74) is 1.18. The Kier molecular flexibility index (Phi) is 2.82. The summed E-state index contributed by atoms with van der Waals surface area (Å²) in [6.45, 7) is 3.37. The average molecular weight is 215 g/mol. The van der Waals surface area contributed by atoms with Gasteiger partial charge in [0.15, 0.2) is 0 Å². The summed E-state index contributed by atoms with van der Waals surface area (Å²) in [7, 11) is -2.19. The normalized spacial score (nSPS) is 11.4. The zero-order chi connectivity index (χ0) is 10.9. The summed E-state index contributed by atoms with van der Waals surface area (Å²) in [6.07, 6.45) is 0. The molecule has 0 saturated carbocycles. The van der Waals surface area contributed by atoms with E-state index in [0.29, 0.717) is 16.9 Å². The highest BCUT2D eigenvalue weighted by atomic mass is 32.2. The van der Waals surface area contributed by atoms with E-state index in [1.165, 1.54) is 7.11 Å². The molecule has 0 aromatic heterocycles. The standard InChI is InChI=1S/C9H13NO3S/c1-6-4-5-8(13-3)7(2)9(6)14(10,11)12/h4-5H,1-3H3,(H2,10,11,12). The summed E-state index contributed by atoms with van der Waals surface area (Å²) in [6, 6.07) is 3.39. The largest absolute Gasteiger partial charge is 0.496 e. The van der Waals surface area contributed by atoms with Crippen LogP contribution in [-0.2, 0) is 10.0 Å². The van der Waals surface area contributed by atoms with Gasteiger partial charge in [0.1, 0.15) is 5.75 Å². The molecule has 78 valence electrons. The number of primary sulfonamides is 1. The molecule has 0 bridgehead atoms. The van der Waals surface area contributed by atoms with Crippen molar-refractivity contribution in [2.24, 2.45) is 5.14 Å². The molecule has 0 aliphatic carbocycles. The highest BCUT2D eigenvalue weighted by Crippen LogP contribution is 2.26. The number of ether oxygens (including phenoxy) is 1. The van der Waals surface area contributed by atoms with Crippen molar-refractivity contribution in [3.05, 3.63) is 23.3 Å². The van der Waals surface area contributed by atoms with E-state index in [4.69, 9.17) is 9.88 Å². The molecule has 0 aliphatic heterocycles. The molecular weight excluding hydrogens is 202 g/mol. The van der Waals surface area contributed by atoms with Crippen LogP contribution in [0, 0.1) is 13.8 Å². The van der Waals surface area contributed by atoms with Crippen LogP contribution in [0.2, 0.25) is 0 Å². The second-order valence-electron chi connectivity index (χ2n) is 3.08. The fourth-order valence-corrected chi connectivity index (χ4v) is 2.51. The zero-order valence-corrected chi connectivity index (χ0v) is 9.18. The molecule has 0 amide bonds. The molecule has 0 fully saturated rings. The number of rotatable bonds is 2. The highest BCUT2D eigenvalue weighted by molar-refractivity contribution is 7.89. The van der Waals surface area contributed by atoms with Crippen molar-refractivity contribution in [2.75, 3.05) is 7.11 Å². The van der Waals surface area contributed by atoms with Gasteiger partial charge in [0.25, 0.3) is 0 Å². The number of nitrogens with two attached hydrogens (primary N) is 1. The number of methoxy groups -OCH3 is 1. The highest BCUT2D eigenvalue weighted by Gasteiger charge is 2.17. The number of hydrogen-bond donors (Lipinski definition) is 1. The SMILES string of the molecule is COc1ccc(C)c(S(N)(=O)=O)c1C. The molecule has 0 heterocycles. The molecule has 4 nitrogen and oxygen atoms in total. The molecule has 1 aromatic carbocycles. The number of benzene rings is 1. The molecule has 5 heteroatoms. The van der Waals surface area contributed by atoms with E-state index in [2.05, 4.69) is 0 Å². The minimum Gasteiger partial charge on any atom is -0.496 e. The molecule has 0 unspecified atom stereocenters. The summed E-state index contributed by atoms with van der Waals surface area (Å²) in [4.78, 5) is 0.150. The summed E-state index contributed by atoms with van der Waals surface area (Å²) in [5, 5.41) is 5.10. The molecule has 0 aliphatic rings. The van der Waals surface area contributed by atoms with Gasteiger partial charge >= 0.3 is 0 Å². The smallest absolute Gasteiger partial charge is 0.238 e. The van der Waals surface area contributed by atoms with E-state index < -0.39 is 10.0 Å². The molecule has 0 atom stereocenters. The van der Waals surface area contributed by atoms with Crippen molar-refractivity contribution < 1.29 is 13.2 Å².